The summed E-state index contributed by atoms with van der Waals surface area (Å²) in [5.41, 5.74) is 0. The van der Waals surface area contributed by atoms with E-state index in [2.05, 4.69) is 4.90 Å². The fourth-order valence-corrected chi connectivity index (χ4v) is 2.89. The van der Waals surface area contributed by atoms with Gasteiger partial charge in [-0.05, 0) is 12.1 Å². The molecule has 6 heteroatoms. The van der Waals surface area contributed by atoms with Gasteiger partial charge in [0.2, 0.25) is 0 Å². The predicted molar refractivity (Wildman–Crippen MR) is 75.1 cm³/mol. The van der Waals surface area contributed by atoms with Crippen LogP contribution in [0.1, 0.15) is 17.0 Å². The Morgan fingerprint density at radius 2 is 2.22 bits per heavy atom. The Balaban J connectivity index is 1.68. The van der Waals surface area contributed by atoms with Gasteiger partial charge in [-0.25, -0.2) is 0 Å². The summed E-state index contributed by atoms with van der Waals surface area (Å²) in [6.07, 6.45) is 1.96. The number of thioether (sulfide) groups is 1. The lowest BCUT2D eigenvalue weighted by Gasteiger charge is -2.28. The number of hydrogen-bond acceptors (Lipinski definition) is 5. The van der Waals surface area contributed by atoms with Crippen LogP contribution in [0.3, 0.4) is 0 Å². The van der Waals surface area contributed by atoms with E-state index in [-0.39, 0.29) is 5.78 Å². The van der Waals surface area contributed by atoms with Crippen molar-refractivity contribution in [2.45, 2.75) is 6.42 Å². The Bertz CT molecular complexity index is 399. The number of ketones is 1. The third-order valence-electron chi connectivity index (χ3n) is 2.62. The molecule has 0 bridgehead atoms. The van der Waals surface area contributed by atoms with Crippen LogP contribution < -0.4 is 0 Å². The molecule has 1 saturated heterocycles. The van der Waals surface area contributed by atoms with Gasteiger partial charge < -0.3 is 14.1 Å². The molecule has 0 aromatic carbocycles. The molecule has 1 aromatic heterocycles. The smallest absolute Gasteiger partial charge is 0.198 e. The van der Waals surface area contributed by atoms with E-state index in [0.29, 0.717) is 17.9 Å². The van der Waals surface area contributed by atoms with Crippen molar-refractivity contribution in [2.24, 2.45) is 0 Å². The molecular weight excluding hydrogens is 270 g/mol. The summed E-state index contributed by atoms with van der Waals surface area (Å²) < 4.78 is 11.2. The summed E-state index contributed by atoms with van der Waals surface area (Å²) >= 11 is 6.87. The number of nitrogens with zero attached hydrogens (tertiary/aromatic N) is 1. The highest BCUT2D eigenvalue weighted by Gasteiger charge is 2.15. The molecule has 18 heavy (non-hydrogen) atoms. The summed E-state index contributed by atoms with van der Waals surface area (Å²) in [5, 5.41) is 0. The van der Waals surface area contributed by atoms with E-state index in [9.17, 15) is 4.79 Å². The molecule has 0 N–H and O–H groups in total. The third-order valence-corrected chi connectivity index (χ3v) is 4.15. The zero-order valence-corrected chi connectivity index (χ0v) is 11.6. The van der Waals surface area contributed by atoms with Crippen LogP contribution in [0.25, 0.3) is 0 Å². The molecule has 0 amide bonds. The monoisotopic (exact) mass is 285 g/mol. The zero-order chi connectivity index (χ0) is 12.8. The fourth-order valence-electron chi connectivity index (χ4n) is 1.63. The SMILES string of the molecule is O=C(CCSC(=S)N1CCOCC1)c1ccco1. The first-order chi connectivity index (χ1) is 8.77. The molecule has 4 nitrogen and oxygen atoms in total. The van der Waals surface area contributed by atoms with E-state index < -0.39 is 0 Å². The molecule has 1 fully saturated rings. The van der Waals surface area contributed by atoms with Gasteiger partial charge in [0.05, 0.1) is 19.5 Å². The summed E-state index contributed by atoms with van der Waals surface area (Å²) in [5.74, 6) is 1.14. The van der Waals surface area contributed by atoms with Crippen molar-refractivity contribution >= 4 is 34.1 Å². The van der Waals surface area contributed by atoms with Crippen LogP contribution in [-0.2, 0) is 4.74 Å². The minimum absolute atomic E-state index is 0.0253. The van der Waals surface area contributed by atoms with Gasteiger partial charge in [-0.15, -0.1) is 0 Å². The van der Waals surface area contributed by atoms with Crippen molar-refractivity contribution in [2.75, 3.05) is 32.1 Å². The predicted octanol–water partition coefficient (Wildman–Crippen LogP) is 2.20. The maximum absolute atomic E-state index is 11.7. The molecule has 0 atom stereocenters. The highest BCUT2D eigenvalue weighted by atomic mass is 32.2. The van der Waals surface area contributed by atoms with E-state index in [1.165, 1.54) is 6.26 Å². The Kier molecular flexibility index (Phi) is 5.22. The second-order valence-electron chi connectivity index (χ2n) is 3.86. The number of carbonyl (C=O) groups excluding carboxylic acids is 1. The molecule has 0 saturated carbocycles. The van der Waals surface area contributed by atoms with E-state index >= 15 is 0 Å². The number of rotatable bonds is 4. The molecule has 2 rings (SSSR count). The Labute approximate surface area is 116 Å². The molecule has 98 valence electrons. The van der Waals surface area contributed by atoms with Gasteiger partial charge >= 0.3 is 0 Å². The van der Waals surface area contributed by atoms with Gasteiger partial charge in [-0.2, -0.15) is 0 Å². The van der Waals surface area contributed by atoms with Gasteiger partial charge in [0.1, 0.15) is 4.32 Å². The van der Waals surface area contributed by atoms with Gasteiger partial charge in [0, 0.05) is 25.3 Å². The highest BCUT2D eigenvalue weighted by Crippen LogP contribution is 2.14. The van der Waals surface area contributed by atoms with Gasteiger partial charge in [0.15, 0.2) is 11.5 Å². The lowest BCUT2D eigenvalue weighted by molar-refractivity contribution is 0.0702. The Morgan fingerprint density at radius 3 is 2.89 bits per heavy atom. The number of ether oxygens (including phenoxy) is 1. The molecule has 1 aliphatic rings. The lowest BCUT2D eigenvalue weighted by atomic mass is 10.2. The van der Waals surface area contributed by atoms with Crippen molar-refractivity contribution in [3.63, 3.8) is 0 Å². The lowest BCUT2D eigenvalue weighted by Crippen LogP contribution is -2.38. The highest BCUT2D eigenvalue weighted by molar-refractivity contribution is 8.22. The minimum atomic E-state index is 0.0253. The second-order valence-corrected chi connectivity index (χ2v) is 5.59. The first kappa shape index (κ1) is 13.6. The van der Waals surface area contributed by atoms with Crippen molar-refractivity contribution < 1.29 is 13.9 Å². The van der Waals surface area contributed by atoms with Crippen LogP contribution in [0.4, 0.5) is 0 Å². The van der Waals surface area contributed by atoms with Crippen LogP contribution >= 0.6 is 24.0 Å². The number of thiocarbonyl (C=S) groups is 1. The third kappa shape index (κ3) is 3.83. The summed E-state index contributed by atoms with van der Waals surface area (Å²) in [6, 6.07) is 3.41. The number of carbonyl (C=O) groups is 1. The largest absolute Gasteiger partial charge is 0.461 e. The summed E-state index contributed by atoms with van der Waals surface area (Å²) in [6.45, 7) is 3.15. The summed E-state index contributed by atoms with van der Waals surface area (Å²) in [7, 11) is 0. The van der Waals surface area contributed by atoms with Crippen LogP contribution in [-0.4, -0.2) is 47.1 Å². The Hall–Kier alpha value is -0.850. The van der Waals surface area contributed by atoms with Gasteiger partial charge in [-0.3, -0.25) is 4.79 Å². The second kappa shape index (κ2) is 6.92. The maximum atomic E-state index is 11.7. The van der Waals surface area contributed by atoms with Crippen LogP contribution in [0.15, 0.2) is 22.8 Å². The average molecular weight is 285 g/mol. The van der Waals surface area contributed by atoms with E-state index in [0.717, 1.165) is 30.6 Å². The number of furan rings is 1. The standard InChI is InChI=1S/C12H15NO3S2/c14-10(11-2-1-6-16-11)3-9-18-12(17)13-4-7-15-8-5-13/h1-2,6H,3-5,7-9H2. The van der Waals surface area contributed by atoms with Crippen molar-refractivity contribution in [1.82, 2.24) is 4.90 Å². The number of hydrogen-bond donors (Lipinski definition) is 0. The quantitative estimate of drug-likeness (QED) is 0.624. The minimum Gasteiger partial charge on any atom is -0.461 e. The maximum Gasteiger partial charge on any atom is 0.198 e. The summed E-state index contributed by atoms with van der Waals surface area (Å²) in [4.78, 5) is 13.8. The normalized spacial score (nSPS) is 15.7. The van der Waals surface area contributed by atoms with Gasteiger partial charge in [-0.1, -0.05) is 24.0 Å². The Morgan fingerprint density at radius 1 is 1.44 bits per heavy atom. The van der Waals surface area contributed by atoms with E-state index in [1.807, 2.05) is 0 Å². The molecule has 0 radical (unpaired) electrons. The van der Waals surface area contributed by atoms with E-state index in [4.69, 9.17) is 21.4 Å². The number of morpholine rings is 1. The van der Waals surface area contributed by atoms with Crippen molar-refractivity contribution in [3.8, 4) is 0 Å². The number of Topliss-reactive ketones (excluding diaryl/α,β-unsaturated/α-hetero) is 1. The topological polar surface area (TPSA) is 42.7 Å². The molecule has 1 aromatic rings. The molecule has 0 unspecified atom stereocenters. The van der Waals surface area contributed by atoms with Crippen LogP contribution in [0.2, 0.25) is 0 Å². The van der Waals surface area contributed by atoms with E-state index in [1.54, 1.807) is 23.9 Å². The van der Waals surface area contributed by atoms with Crippen molar-refractivity contribution in [3.05, 3.63) is 24.2 Å². The molecule has 0 aliphatic carbocycles. The van der Waals surface area contributed by atoms with Crippen LogP contribution in [0.5, 0.6) is 0 Å². The first-order valence-corrected chi connectivity index (χ1v) is 7.23. The van der Waals surface area contributed by atoms with Crippen LogP contribution in [0, 0.1) is 0 Å². The molecule has 0 spiro atoms. The van der Waals surface area contributed by atoms with Crippen molar-refractivity contribution in [1.29, 1.82) is 0 Å². The molecular formula is C12H15NO3S2. The average Bonchev–Trinajstić information content (AvgIpc) is 2.93. The first-order valence-electron chi connectivity index (χ1n) is 5.83. The molecule has 1 aliphatic heterocycles. The molecule has 2 heterocycles. The fraction of sp³-hybridized carbons (Fsp3) is 0.500. The van der Waals surface area contributed by atoms with Gasteiger partial charge in [0.25, 0.3) is 0 Å². The zero-order valence-electron chi connectivity index (χ0n) is 9.96.